The monoisotopic (exact) mass is 249 g/mol. The average molecular weight is 249 g/mol. The van der Waals surface area contributed by atoms with Crippen LogP contribution in [-0.4, -0.2) is 5.11 Å². The quantitative estimate of drug-likeness (QED) is 0.866. The zero-order chi connectivity index (χ0) is 13.2. The Morgan fingerprint density at radius 1 is 1.00 bits per heavy atom. The average Bonchev–Trinajstić information content (AvgIpc) is 2.38. The van der Waals surface area contributed by atoms with Crippen molar-refractivity contribution < 1.29 is 5.11 Å². The van der Waals surface area contributed by atoms with E-state index >= 15 is 0 Å². The number of rotatable bonds is 2. The third kappa shape index (κ3) is 2.20. The molecular formula is C17H15NO. The Morgan fingerprint density at radius 2 is 1.68 bits per heavy atom. The molecule has 0 spiro atoms. The first-order chi connectivity index (χ1) is 9.28. The molecule has 0 radical (unpaired) electrons. The summed E-state index contributed by atoms with van der Waals surface area (Å²) in [4.78, 5) is 0. The van der Waals surface area contributed by atoms with Crippen molar-refractivity contribution in [1.82, 2.24) is 0 Å². The number of hydrogen-bond donors (Lipinski definition) is 1. The lowest BCUT2D eigenvalue weighted by molar-refractivity contribution is 0.420. The van der Waals surface area contributed by atoms with Gasteiger partial charge in [0.1, 0.15) is 11.8 Å². The summed E-state index contributed by atoms with van der Waals surface area (Å²) in [5.41, 5.74) is 3.78. The predicted octanol–water partition coefficient (Wildman–Crippen LogP) is 4.20. The third-order valence-corrected chi connectivity index (χ3v) is 3.94. The number of benzene rings is 2. The van der Waals surface area contributed by atoms with Crippen molar-refractivity contribution in [3.8, 4) is 22.9 Å². The summed E-state index contributed by atoms with van der Waals surface area (Å²) in [6, 6.07) is 15.7. The lowest BCUT2D eigenvalue weighted by Crippen LogP contribution is -2.08. The Balaban J connectivity index is 1.91. The molecule has 0 heterocycles. The highest BCUT2D eigenvalue weighted by molar-refractivity contribution is 5.67. The highest BCUT2D eigenvalue weighted by Crippen LogP contribution is 2.37. The van der Waals surface area contributed by atoms with Crippen molar-refractivity contribution >= 4 is 0 Å². The van der Waals surface area contributed by atoms with E-state index in [0.717, 1.165) is 17.0 Å². The summed E-state index contributed by atoms with van der Waals surface area (Å²) in [6.45, 7) is 0. The molecule has 2 aromatic carbocycles. The van der Waals surface area contributed by atoms with Gasteiger partial charge in [0.15, 0.2) is 0 Å². The normalized spacial score (nSPS) is 14.7. The fraction of sp³-hybridized carbons (Fsp3) is 0.235. The van der Waals surface area contributed by atoms with Crippen molar-refractivity contribution in [2.75, 3.05) is 0 Å². The minimum atomic E-state index is 0.0392. The minimum Gasteiger partial charge on any atom is -0.507 e. The van der Waals surface area contributed by atoms with Crippen molar-refractivity contribution in [2.24, 2.45) is 0 Å². The van der Waals surface area contributed by atoms with E-state index in [-0.39, 0.29) is 5.75 Å². The Morgan fingerprint density at radius 3 is 2.26 bits per heavy atom. The molecule has 0 aromatic heterocycles. The van der Waals surface area contributed by atoms with Gasteiger partial charge in [-0.1, -0.05) is 36.8 Å². The van der Waals surface area contributed by atoms with E-state index in [2.05, 4.69) is 24.3 Å². The zero-order valence-electron chi connectivity index (χ0n) is 10.6. The lowest BCUT2D eigenvalue weighted by Gasteiger charge is -2.25. The summed E-state index contributed by atoms with van der Waals surface area (Å²) in [5.74, 6) is 0.779. The summed E-state index contributed by atoms with van der Waals surface area (Å²) in [6.07, 6.45) is 3.95. The molecule has 2 nitrogen and oxygen atoms in total. The van der Waals surface area contributed by atoms with Gasteiger partial charge in [0, 0.05) is 0 Å². The molecule has 0 atom stereocenters. The smallest absolute Gasteiger partial charge is 0.133 e. The SMILES string of the molecule is N#Cc1cc(-c2ccc(C3CCC3)cc2)ccc1O. The van der Waals surface area contributed by atoms with Crippen LogP contribution in [0.15, 0.2) is 42.5 Å². The van der Waals surface area contributed by atoms with Crippen molar-refractivity contribution in [2.45, 2.75) is 25.2 Å². The molecule has 0 unspecified atom stereocenters. The molecule has 0 saturated heterocycles. The van der Waals surface area contributed by atoms with Crippen LogP contribution in [0, 0.1) is 11.3 Å². The van der Waals surface area contributed by atoms with E-state index in [1.54, 1.807) is 12.1 Å². The molecule has 19 heavy (non-hydrogen) atoms. The van der Waals surface area contributed by atoms with Gasteiger partial charge in [-0.3, -0.25) is 0 Å². The fourth-order valence-corrected chi connectivity index (χ4v) is 2.49. The van der Waals surface area contributed by atoms with E-state index in [0.29, 0.717) is 5.56 Å². The summed E-state index contributed by atoms with van der Waals surface area (Å²) < 4.78 is 0. The third-order valence-electron chi connectivity index (χ3n) is 3.94. The predicted molar refractivity (Wildman–Crippen MR) is 74.8 cm³/mol. The van der Waals surface area contributed by atoms with Gasteiger partial charge in [-0.25, -0.2) is 0 Å². The van der Waals surface area contributed by atoms with Crippen LogP contribution in [0.5, 0.6) is 5.75 Å². The zero-order valence-corrected chi connectivity index (χ0v) is 10.6. The van der Waals surface area contributed by atoms with Crippen LogP contribution in [0.2, 0.25) is 0 Å². The van der Waals surface area contributed by atoms with Crippen molar-refractivity contribution in [3.05, 3.63) is 53.6 Å². The second-order valence-electron chi connectivity index (χ2n) is 5.09. The van der Waals surface area contributed by atoms with Gasteiger partial charge in [-0.15, -0.1) is 0 Å². The van der Waals surface area contributed by atoms with Crippen molar-refractivity contribution in [1.29, 1.82) is 5.26 Å². The Hall–Kier alpha value is -2.27. The maximum Gasteiger partial charge on any atom is 0.133 e. The Bertz CT molecular complexity index is 633. The second-order valence-corrected chi connectivity index (χ2v) is 5.09. The largest absolute Gasteiger partial charge is 0.507 e. The second kappa shape index (κ2) is 4.78. The molecular weight excluding hydrogens is 234 g/mol. The Labute approximate surface area is 112 Å². The molecule has 1 saturated carbocycles. The molecule has 1 fully saturated rings. The Kier molecular flexibility index (Phi) is 2.97. The number of phenolic OH excluding ortho intramolecular Hbond substituents is 1. The number of nitriles is 1. The molecule has 0 aliphatic heterocycles. The van der Waals surface area contributed by atoms with Gasteiger partial charge in [0.25, 0.3) is 0 Å². The van der Waals surface area contributed by atoms with Gasteiger partial charge in [-0.05, 0) is 47.6 Å². The number of hydrogen-bond acceptors (Lipinski definition) is 2. The van der Waals surface area contributed by atoms with E-state index in [4.69, 9.17) is 5.26 Å². The molecule has 2 aromatic rings. The number of phenols is 1. The van der Waals surface area contributed by atoms with Crippen LogP contribution in [0.4, 0.5) is 0 Å². The molecule has 2 heteroatoms. The minimum absolute atomic E-state index is 0.0392. The standard InChI is InChI=1S/C17H15NO/c18-11-16-10-15(8-9-17(16)19)14-6-4-13(5-7-14)12-2-1-3-12/h4-10,12,19H,1-3H2. The first kappa shape index (κ1) is 11.8. The molecule has 3 rings (SSSR count). The van der Waals surface area contributed by atoms with E-state index in [1.165, 1.54) is 24.8 Å². The number of aromatic hydroxyl groups is 1. The maximum absolute atomic E-state index is 9.52. The van der Waals surface area contributed by atoms with Crippen LogP contribution >= 0.6 is 0 Å². The van der Waals surface area contributed by atoms with E-state index in [1.807, 2.05) is 12.1 Å². The van der Waals surface area contributed by atoms with Crippen LogP contribution in [0.3, 0.4) is 0 Å². The summed E-state index contributed by atoms with van der Waals surface area (Å²) in [5, 5.41) is 18.5. The molecule has 1 N–H and O–H groups in total. The first-order valence-electron chi connectivity index (χ1n) is 6.61. The van der Waals surface area contributed by atoms with Gasteiger partial charge >= 0.3 is 0 Å². The van der Waals surface area contributed by atoms with Gasteiger partial charge < -0.3 is 5.11 Å². The topological polar surface area (TPSA) is 44.0 Å². The highest BCUT2D eigenvalue weighted by Gasteiger charge is 2.19. The summed E-state index contributed by atoms with van der Waals surface area (Å²) in [7, 11) is 0. The van der Waals surface area contributed by atoms with Crippen molar-refractivity contribution in [3.63, 3.8) is 0 Å². The number of nitrogens with zero attached hydrogens (tertiary/aromatic N) is 1. The molecule has 0 amide bonds. The van der Waals surface area contributed by atoms with Crippen LogP contribution < -0.4 is 0 Å². The highest BCUT2D eigenvalue weighted by atomic mass is 16.3. The van der Waals surface area contributed by atoms with E-state index in [9.17, 15) is 5.11 Å². The van der Waals surface area contributed by atoms with Gasteiger partial charge in [0.2, 0.25) is 0 Å². The molecule has 94 valence electrons. The van der Waals surface area contributed by atoms with Crippen LogP contribution in [0.1, 0.15) is 36.3 Å². The van der Waals surface area contributed by atoms with E-state index < -0.39 is 0 Å². The first-order valence-corrected chi connectivity index (χ1v) is 6.61. The summed E-state index contributed by atoms with van der Waals surface area (Å²) >= 11 is 0. The lowest BCUT2D eigenvalue weighted by atomic mass is 9.80. The fourth-order valence-electron chi connectivity index (χ4n) is 2.49. The molecule has 0 bridgehead atoms. The van der Waals surface area contributed by atoms with Gasteiger partial charge in [0.05, 0.1) is 5.56 Å². The maximum atomic E-state index is 9.52. The van der Waals surface area contributed by atoms with Gasteiger partial charge in [-0.2, -0.15) is 5.26 Å². The molecule has 1 aliphatic rings. The van der Waals surface area contributed by atoms with Crippen LogP contribution in [0.25, 0.3) is 11.1 Å². The molecule has 1 aliphatic carbocycles. The van der Waals surface area contributed by atoms with Crippen LogP contribution in [-0.2, 0) is 0 Å².